The highest BCUT2D eigenvalue weighted by molar-refractivity contribution is 7.16. The zero-order valence-electron chi connectivity index (χ0n) is 9.11. The Bertz CT molecular complexity index is 438. The van der Waals surface area contributed by atoms with E-state index in [4.69, 9.17) is 11.6 Å². The van der Waals surface area contributed by atoms with Gasteiger partial charge in [-0.25, -0.2) is 0 Å². The van der Waals surface area contributed by atoms with Crippen molar-refractivity contribution >= 4 is 22.9 Å². The van der Waals surface area contributed by atoms with Gasteiger partial charge in [0, 0.05) is 17.5 Å². The molecule has 1 nitrogen and oxygen atoms in total. The second-order valence-electron chi connectivity index (χ2n) is 3.73. The zero-order valence-corrected chi connectivity index (χ0v) is 10.7. The lowest BCUT2D eigenvalue weighted by Gasteiger charge is -2.11. The molecular formula is C13H14ClNS. The van der Waals surface area contributed by atoms with Crippen LogP contribution < -0.4 is 5.32 Å². The Balaban J connectivity index is 1.91. The standard InChI is InChI=1S/C13H14ClNS/c1-10(12-7-8-13(14)16-12)15-9-11-5-3-2-4-6-11/h2-8,10,15H,9H2,1H3. The number of rotatable bonds is 4. The Labute approximate surface area is 105 Å². The first-order valence-electron chi connectivity index (χ1n) is 5.28. The van der Waals surface area contributed by atoms with Crippen molar-refractivity contribution in [2.75, 3.05) is 0 Å². The van der Waals surface area contributed by atoms with E-state index in [0.29, 0.717) is 6.04 Å². The second kappa shape index (κ2) is 5.48. The first-order valence-corrected chi connectivity index (χ1v) is 6.47. The molecule has 3 heteroatoms. The summed E-state index contributed by atoms with van der Waals surface area (Å²) in [5.41, 5.74) is 1.30. The van der Waals surface area contributed by atoms with Gasteiger partial charge < -0.3 is 5.32 Å². The fourth-order valence-electron chi connectivity index (χ4n) is 1.53. The van der Waals surface area contributed by atoms with Gasteiger partial charge in [-0.15, -0.1) is 11.3 Å². The van der Waals surface area contributed by atoms with E-state index in [2.05, 4.69) is 42.6 Å². The van der Waals surface area contributed by atoms with Gasteiger partial charge in [0.2, 0.25) is 0 Å². The van der Waals surface area contributed by atoms with Gasteiger partial charge in [-0.05, 0) is 24.6 Å². The minimum atomic E-state index is 0.345. The Morgan fingerprint density at radius 3 is 2.56 bits per heavy atom. The molecule has 1 heterocycles. The van der Waals surface area contributed by atoms with Gasteiger partial charge in [0.25, 0.3) is 0 Å². The van der Waals surface area contributed by atoms with Gasteiger partial charge in [-0.3, -0.25) is 0 Å². The lowest BCUT2D eigenvalue weighted by atomic mass is 10.2. The van der Waals surface area contributed by atoms with Crippen LogP contribution in [0.2, 0.25) is 4.34 Å². The van der Waals surface area contributed by atoms with Crippen molar-refractivity contribution in [3.05, 3.63) is 57.2 Å². The quantitative estimate of drug-likeness (QED) is 0.857. The minimum absolute atomic E-state index is 0.345. The van der Waals surface area contributed by atoms with Crippen LogP contribution in [-0.2, 0) is 6.54 Å². The maximum absolute atomic E-state index is 5.91. The van der Waals surface area contributed by atoms with E-state index in [0.717, 1.165) is 10.9 Å². The Morgan fingerprint density at radius 2 is 1.94 bits per heavy atom. The maximum Gasteiger partial charge on any atom is 0.0931 e. The molecule has 2 aromatic rings. The summed E-state index contributed by atoms with van der Waals surface area (Å²) in [5, 5.41) is 3.48. The van der Waals surface area contributed by atoms with Crippen LogP contribution in [0.5, 0.6) is 0 Å². The van der Waals surface area contributed by atoms with Crippen LogP contribution in [0.3, 0.4) is 0 Å². The van der Waals surface area contributed by atoms with Crippen LogP contribution in [0.4, 0.5) is 0 Å². The predicted octanol–water partition coefficient (Wildman–Crippen LogP) is 4.25. The number of halogens is 1. The summed E-state index contributed by atoms with van der Waals surface area (Å²) in [6.07, 6.45) is 0. The smallest absolute Gasteiger partial charge is 0.0931 e. The van der Waals surface area contributed by atoms with Crippen molar-refractivity contribution in [3.63, 3.8) is 0 Å². The van der Waals surface area contributed by atoms with E-state index in [9.17, 15) is 0 Å². The third kappa shape index (κ3) is 3.08. The van der Waals surface area contributed by atoms with Crippen LogP contribution in [0, 0.1) is 0 Å². The molecular weight excluding hydrogens is 238 g/mol. The number of hydrogen-bond donors (Lipinski definition) is 1. The molecule has 0 saturated carbocycles. The molecule has 1 aromatic heterocycles. The Hall–Kier alpha value is -0.830. The van der Waals surface area contributed by atoms with Crippen molar-refractivity contribution in [2.45, 2.75) is 19.5 Å². The minimum Gasteiger partial charge on any atom is -0.305 e. The summed E-state index contributed by atoms with van der Waals surface area (Å²) >= 11 is 7.55. The first-order chi connectivity index (χ1) is 7.75. The van der Waals surface area contributed by atoms with E-state index >= 15 is 0 Å². The molecule has 0 aliphatic rings. The van der Waals surface area contributed by atoms with Crippen LogP contribution in [0.25, 0.3) is 0 Å². The van der Waals surface area contributed by atoms with E-state index in [1.165, 1.54) is 10.4 Å². The van der Waals surface area contributed by atoms with E-state index in [1.807, 2.05) is 12.1 Å². The van der Waals surface area contributed by atoms with Crippen LogP contribution in [-0.4, -0.2) is 0 Å². The van der Waals surface area contributed by atoms with Crippen molar-refractivity contribution in [3.8, 4) is 0 Å². The van der Waals surface area contributed by atoms with Crippen molar-refractivity contribution in [1.29, 1.82) is 0 Å². The van der Waals surface area contributed by atoms with Gasteiger partial charge in [0.15, 0.2) is 0 Å². The molecule has 0 spiro atoms. The lowest BCUT2D eigenvalue weighted by Crippen LogP contribution is -2.16. The van der Waals surface area contributed by atoms with E-state index in [-0.39, 0.29) is 0 Å². The van der Waals surface area contributed by atoms with Crippen molar-refractivity contribution in [2.24, 2.45) is 0 Å². The summed E-state index contributed by atoms with van der Waals surface area (Å²) < 4.78 is 0.850. The van der Waals surface area contributed by atoms with E-state index in [1.54, 1.807) is 11.3 Å². The average molecular weight is 252 g/mol. The molecule has 1 atom stereocenters. The molecule has 84 valence electrons. The summed E-state index contributed by atoms with van der Waals surface area (Å²) in [6, 6.07) is 14.8. The lowest BCUT2D eigenvalue weighted by molar-refractivity contribution is 0.583. The normalized spacial score (nSPS) is 12.6. The van der Waals surface area contributed by atoms with Gasteiger partial charge in [0.05, 0.1) is 4.34 Å². The molecule has 1 aromatic carbocycles. The summed E-state index contributed by atoms with van der Waals surface area (Å²) in [5.74, 6) is 0. The van der Waals surface area contributed by atoms with Crippen LogP contribution in [0.15, 0.2) is 42.5 Å². The molecule has 0 amide bonds. The highest BCUT2D eigenvalue weighted by Crippen LogP contribution is 2.26. The molecule has 16 heavy (non-hydrogen) atoms. The Morgan fingerprint density at radius 1 is 1.19 bits per heavy atom. The summed E-state index contributed by atoms with van der Waals surface area (Å²) in [4.78, 5) is 1.28. The molecule has 1 N–H and O–H groups in total. The van der Waals surface area contributed by atoms with Crippen molar-refractivity contribution < 1.29 is 0 Å². The molecule has 1 unspecified atom stereocenters. The largest absolute Gasteiger partial charge is 0.305 e. The molecule has 0 aliphatic carbocycles. The third-order valence-corrected chi connectivity index (χ3v) is 3.89. The second-order valence-corrected chi connectivity index (χ2v) is 5.48. The molecule has 0 bridgehead atoms. The fourth-order valence-corrected chi connectivity index (χ4v) is 2.62. The van der Waals surface area contributed by atoms with Gasteiger partial charge in [-0.2, -0.15) is 0 Å². The van der Waals surface area contributed by atoms with Gasteiger partial charge in [0.1, 0.15) is 0 Å². The van der Waals surface area contributed by atoms with Gasteiger partial charge >= 0.3 is 0 Å². The molecule has 0 saturated heterocycles. The first kappa shape index (κ1) is 11.6. The van der Waals surface area contributed by atoms with Crippen molar-refractivity contribution in [1.82, 2.24) is 5.32 Å². The highest BCUT2D eigenvalue weighted by atomic mass is 35.5. The molecule has 0 fully saturated rings. The monoisotopic (exact) mass is 251 g/mol. The molecule has 2 rings (SSSR count). The number of nitrogens with one attached hydrogen (secondary N) is 1. The number of benzene rings is 1. The maximum atomic E-state index is 5.91. The summed E-state index contributed by atoms with van der Waals surface area (Å²) in [6.45, 7) is 3.04. The Kier molecular flexibility index (Phi) is 3.99. The predicted molar refractivity (Wildman–Crippen MR) is 71.0 cm³/mol. The van der Waals surface area contributed by atoms with Gasteiger partial charge in [-0.1, -0.05) is 41.9 Å². The SMILES string of the molecule is CC(NCc1ccccc1)c1ccc(Cl)s1. The number of thiophene rings is 1. The van der Waals surface area contributed by atoms with Crippen LogP contribution >= 0.6 is 22.9 Å². The molecule has 0 radical (unpaired) electrons. The van der Waals surface area contributed by atoms with E-state index < -0.39 is 0 Å². The van der Waals surface area contributed by atoms with Crippen LogP contribution in [0.1, 0.15) is 23.4 Å². The summed E-state index contributed by atoms with van der Waals surface area (Å²) in [7, 11) is 0. The number of hydrogen-bond acceptors (Lipinski definition) is 2. The highest BCUT2D eigenvalue weighted by Gasteiger charge is 2.07. The topological polar surface area (TPSA) is 12.0 Å². The average Bonchev–Trinajstić information content (AvgIpc) is 2.74. The third-order valence-electron chi connectivity index (χ3n) is 2.48. The zero-order chi connectivity index (χ0) is 11.4. The molecule has 0 aliphatic heterocycles. The fraction of sp³-hybridized carbons (Fsp3) is 0.231.